The van der Waals surface area contributed by atoms with E-state index < -0.39 is 0 Å². The molecule has 4 heteroatoms. The second kappa shape index (κ2) is 6.16. The smallest absolute Gasteiger partial charge is 0.165 e. The van der Waals surface area contributed by atoms with Gasteiger partial charge in [-0.15, -0.1) is 0 Å². The molecule has 1 aromatic rings. The predicted molar refractivity (Wildman–Crippen MR) is 68.3 cm³/mol. The van der Waals surface area contributed by atoms with E-state index in [0.29, 0.717) is 19.1 Å². The standard InChI is InChI=1S/C14H20FNO2/c1-10-2-5-13(15)14(8-10)18-7-6-12(9-17)16-11-3-4-11/h2,5,8,11-12,16-17H,3-4,6-7,9H2,1H3. The zero-order valence-corrected chi connectivity index (χ0v) is 10.7. The monoisotopic (exact) mass is 253 g/mol. The van der Waals surface area contributed by atoms with Crippen molar-refractivity contribution in [2.24, 2.45) is 0 Å². The second-order valence-corrected chi connectivity index (χ2v) is 4.89. The lowest BCUT2D eigenvalue weighted by molar-refractivity contribution is 0.205. The summed E-state index contributed by atoms with van der Waals surface area (Å²) in [5.74, 6) is -0.0468. The van der Waals surface area contributed by atoms with Gasteiger partial charge < -0.3 is 15.2 Å². The van der Waals surface area contributed by atoms with Crippen molar-refractivity contribution in [2.45, 2.75) is 38.3 Å². The molecule has 1 fully saturated rings. The maximum absolute atomic E-state index is 13.4. The summed E-state index contributed by atoms with van der Waals surface area (Å²) in [6.07, 6.45) is 3.05. The van der Waals surface area contributed by atoms with Gasteiger partial charge in [0.05, 0.1) is 13.2 Å². The first-order valence-corrected chi connectivity index (χ1v) is 6.45. The number of hydrogen-bond donors (Lipinski definition) is 2. The highest BCUT2D eigenvalue weighted by molar-refractivity contribution is 5.29. The Balaban J connectivity index is 1.77. The first kappa shape index (κ1) is 13.3. The molecule has 2 rings (SSSR count). The molecule has 0 radical (unpaired) electrons. The number of benzene rings is 1. The predicted octanol–water partition coefficient (Wildman–Crippen LogP) is 2.02. The van der Waals surface area contributed by atoms with Gasteiger partial charge in [0.15, 0.2) is 11.6 Å². The molecule has 0 aliphatic heterocycles. The number of aliphatic hydroxyl groups excluding tert-OH is 1. The van der Waals surface area contributed by atoms with Gasteiger partial charge in [0, 0.05) is 12.1 Å². The normalized spacial score (nSPS) is 16.6. The van der Waals surface area contributed by atoms with Crippen LogP contribution in [-0.4, -0.2) is 30.4 Å². The minimum atomic E-state index is -0.337. The molecule has 0 bridgehead atoms. The average molecular weight is 253 g/mol. The van der Waals surface area contributed by atoms with Crippen molar-refractivity contribution >= 4 is 0 Å². The zero-order valence-electron chi connectivity index (χ0n) is 10.7. The van der Waals surface area contributed by atoms with Crippen LogP contribution in [0.1, 0.15) is 24.8 Å². The third-order valence-electron chi connectivity index (χ3n) is 3.08. The second-order valence-electron chi connectivity index (χ2n) is 4.89. The molecule has 0 heterocycles. The number of nitrogens with one attached hydrogen (secondary N) is 1. The van der Waals surface area contributed by atoms with Gasteiger partial charge in [0.2, 0.25) is 0 Å². The van der Waals surface area contributed by atoms with Crippen molar-refractivity contribution in [1.29, 1.82) is 0 Å². The van der Waals surface area contributed by atoms with Crippen molar-refractivity contribution < 1.29 is 14.2 Å². The van der Waals surface area contributed by atoms with Crippen LogP contribution < -0.4 is 10.1 Å². The third-order valence-corrected chi connectivity index (χ3v) is 3.08. The molecular weight excluding hydrogens is 233 g/mol. The van der Waals surface area contributed by atoms with Crippen LogP contribution in [0.4, 0.5) is 4.39 Å². The summed E-state index contributed by atoms with van der Waals surface area (Å²) in [4.78, 5) is 0. The molecular formula is C14H20FNO2. The number of aliphatic hydroxyl groups is 1. The van der Waals surface area contributed by atoms with E-state index in [-0.39, 0.29) is 24.2 Å². The van der Waals surface area contributed by atoms with Crippen molar-refractivity contribution in [2.75, 3.05) is 13.2 Å². The number of aryl methyl sites for hydroxylation is 1. The molecule has 0 aromatic heterocycles. The van der Waals surface area contributed by atoms with E-state index in [9.17, 15) is 9.50 Å². The van der Waals surface area contributed by atoms with Crippen molar-refractivity contribution in [3.63, 3.8) is 0 Å². The van der Waals surface area contributed by atoms with Crippen molar-refractivity contribution in [3.05, 3.63) is 29.6 Å². The van der Waals surface area contributed by atoms with Gasteiger partial charge in [-0.1, -0.05) is 6.07 Å². The van der Waals surface area contributed by atoms with Gasteiger partial charge >= 0.3 is 0 Å². The van der Waals surface area contributed by atoms with E-state index in [1.54, 1.807) is 12.1 Å². The SMILES string of the molecule is Cc1ccc(F)c(OCCC(CO)NC2CC2)c1. The highest BCUT2D eigenvalue weighted by Crippen LogP contribution is 2.21. The fourth-order valence-corrected chi connectivity index (χ4v) is 1.84. The van der Waals surface area contributed by atoms with E-state index in [4.69, 9.17) is 4.74 Å². The van der Waals surface area contributed by atoms with Gasteiger partial charge in [0.25, 0.3) is 0 Å². The molecule has 2 N–H and O–H groups in total. The first-order chi connectivity index (χ1) is 8.69. The zero-order chi connectivity index (χ0) is 13.0. The Kier molecular flexibility index (Phi) is 4.55. The number of hydrogen-bond acceptors (Lipinski definition) is 3. The molecule has 0 spiro atoms. The number of ether oxygens (including phenoxy) is 1. The van der Waals surface area contributed by atoms with E-state index in [0.717, 1.165) is 5.56 Å². The van der Waals surface area contributed by atoms with Gasteiger partial charge in [-0.25, -0.2) is 4.39 Å². The molecule has 18 heavy (non-hydrogen) atoms. The maximum atomic E-state index is 13.4. The van der Waals surface area contributed by atoms with Gasteiger partial charge in [0.1, 0.15) is 0 Å². The molecule has 100 valence electrons. The van der Waals surface area contributed by atoms with Crippen LogP contribution in [0.2, 0.25) is 0 Å². The Bertz CT molecular complexity index is 393. The van der Waals surface area contributed by atoms with Crippen LogP contribution in [0, 0.1) is 12.7 Å². The summed E-state index contributed by atoms with van der Waals surface area (Å²) in [6, 6.07) is 5.42. The molecule has 0 saturated heterocycles. The van der Waals surface area contributed by atoms with Gasteiger partial charge in [-0.2, -0.15) is 0 Å². The third kappa shape index (κ3) is 3.96. The lowest BCUT2D eigenvalue weighted by Crippen LogP contribution is -2.35. The van der Waals surface area contributed by atoms with Gasteiger partial charge in [-0.3, -0.25) is 0 Å². The minimum absolute atomic E-state index is 0.0466. The van der Waals surface area contributed by atoms with Crippen molar-refractivity contribution in [3.8, 4) is 5.75 Å². The Hall–Kier alpha value is -1.13. The molecule has 1 aromatic carbocycles. The summed E-state index contributed by atoms with van der Waals surface area (Å²) in [6.45, 7) is 2.40. The molecule has 1 atom stereocenters. The van der Waals surface area contributed by atoms with E-state index in [1.807, 2.05) is 6.92 Å². The quantitative estimate of drug-likeness (QED) is 0.781. The summed E-state index contributed by atoms with van der Waals surface area (Å²) in [5, 5.41) is 12.5. The molecule has 0 amide bonds. The van der Waals surface area contributed by atoms with Crippen LogP contribution in [0.3, 0.4) is 0 Å². The number of rotatable bonds is 7. The highest BCUT2D eigenvalue weighted by Gasteiger charge is 2.24. The molecule has 1 saturated carbocycles. The van der Waals surface area contributed by atoms with Gasteiger partial charge in [-0.05, 0) is 43.9 Å². The topological polar surface area (TPSA) is 41.5 Å². The summed E-state index contributed by atoms with van der Waals surface area (Å²) < 4.78 is 18.8. The molecule has 3 nitrogen and oxygen atoms in total. The molecule has 1 aliphatic rings. The fraction of sp³-hybridized carbons (Fsp3) is 0.571. The Labute approximate surface area is 107 Å². The van der Waals surface area contributed by atoms with Crippen LogP contribution >= 0.6 is 0 Å². The Morgan fingerprint density at radius 2 is 2.28 bits per heavy atom. The largest absolute Gasteiger partial charge is 0.490 e. The van der Waals surface area contributed by atoms with Crippen LogP contribution in [0.15, 0.2) is 18.2 Å². The van der Waals surface area contributed by atoms with Crippen LogP contribution in [0.5, 0.6) is 5.75 Å². The lowest BCUT2D eigenvalue weighted by atomic mass is 10.2. The highest BCUT2D eigenvalue weighted by atomic mass is 19.1. The Morgan fingerprint density at radius 3 is 2.94 bits per heavy atom. The summed E-state index contributed by atoms with van der Waals surface area (Å²) >= 11 is 0. The maximum Gasteiger partial charge on any atom is 0.165 e. The van der Waals surface area contributed by atoms with Crippen LogP contribution in [0.25, 0.3) is 0 Å². The van der Waals surface area contributed by atoms with Crippen LogP contribution in [-0.2, 0) is 0 Å². The summed E-state index contributed by atoms with van der Waals surface area (Å²) in [5.41, 5.74) is 0.973. The van der Waals surface area contributed by atoms with E-state index >= 15 is 0 Å². The lowest BCUT2D eigenvalue weighted by Gasteiger charge is -2.16. The van der Waals surface area contributed by atoms with E-state index in [1.165, 1.54) is 18.9 Å². The minimum Gasteiger partial charge on any atom is -0.490 e. The summed E-state index contributed by atoms with van der Waals surface area (Å²) in [7, 11) is 0. The van der Waals surface area contributed by atoms with Crippen molar-refractivity contribution in [1.82, 2.24) is 5.32 Å². The molecule has 1 unspecified atom stereocenters. The number of halogens is 1. The Morgan fingerprint density at radius 1 is 1.50 bits per heavy atom. The van der Waals surface area contributed by atoms with E-state index in [2.05, 4.69) is 5.32 Å². The average Bonchev–Trinajstić information content (AvgIpc) is 3.16. The molecule has 1 aliphatic carbocycles. The first-order valence-electron chi connectivity index (χ1n) is 6.45. The fourth-order valence-electron chi connectivity index (χ4n) is 1.84.